The van der Waals surface area contributed by atoms with E-state index in [1.807, 2.05) is 13.8 Å². The van der Waals surface area contributed by atoms with Crippen molar-refractivity contribution in [3.63, 3.8) is 0 Å². The maximum atomic E-state index is 6.11. The zero-order valence-electron chi connectivity index (χ0n) is 11.5. The van der Waals surface area contributed by atoms with Crippen LogP contribution >= 0.6 is 0 Å². The maximum Gasteiger partial charge on any atom is 0.163 e. The third-order valence-corrected chi connectivity index (χ3v) is 3.36. The summed E-state index contributed by atoms with van der Waals surface area (Å²) >= 11 is 0. The third-order valence-electron chi connectivity index (χ3n) is 3.36. The van der Waals surface area contributed by atoms with E-state index in [0.717, 1.165) is 6.42 Å². The number of hydrogen-bond acceptors (Lipinski definition) is 4. The number of nitrogens with two attached hydrogens (primary N) is 1. The molecule has 4 atom stereocenters. The van der Waals surface area contributed by atoms with Gasteiger partial charge in [0.25, 0.3) is 0 Å². The Morgan fingerprint density at radius 2 is 1.82 bits per heavy atom. The van der Waals surface area contributed by atoms with Gasteiger partial charge in [-0.3, -0.25) is 0 Å². The van der Waals surface area contributed by atoms with Gasteiger partial charge in [0, 0.05) is 12.0 Å². The largest absolute Gasteiger partial charge is 0.375 e. The van der Waals surface area contributed by atoms with Crippen molar-refractivity contribution in [2.24, 2.45) is 11.7 Å². The molecule has 4 nitrogen and oxygen atoms in total. The van der Waals surface area contributed by atoms with Crippen LogP contribution in [-0.4, -0.2) is 36.2 Å². The van der Waals surface area contributed by atoms with Crippen LogP contribution in [0.1, 0.15) is 41.0 Å². The highest BCUT2D eigenvalue weighted by atomic mass is 16.8. The molecular weight excluding hydrogens is 218 g/mol. The molecule has 4 heteroatoms. The van der Waals surface area contributed by atoms with Gasteiger partial charge in [-0.15, -0.1) is 0 Å². The SMILES string of the molecule is CC(C)(C)OCC1CC(N)C2OC(C)(C)OC12. The van der Waals surface area contributed by atoms with E-state index in [2.05, 4.69) is 20.8 Å². The van der Waals surface area contributed by atoms with Crippen molar-refractivity contribution in [2.45, 2.75) is 70.7 Å². The molecule has 0 bridgehead atoms. The number of rotatable bonds is 2. The lowest BCUT2D eigenvalue weighted by molar-refractivity contribution is -0.162. The van der Waals surface area contributed by atoms with Gasteiger partial charge in [-0.25, -0.2) is 0 Å². The summed E-state index contributed by atoms with van der Waals surface area (Å²) in [6.07, 6.45) is 1.03. The summed E-state index contributed by atoms with van der Waals surface area (Å²) in [6.45, 7) is 10.8. The van der Waals surface area contributed by atoms with Crippen LogP contribution in [0, 0.1) is 5.92 Å². The minimum atomic E-state index is -0.507. The fraction of sp³-hybridized carbons (Fsp3) is 1.00. The van der Waals surface area contributed by atoms with E-state index in [0.29, 0.717) is 12.5 Å². The second kappa shape index (κ2) is 4.19. The van der Waals surface area contributed by atoms with Gasteiger partial charge in [0.15, 0.2) is 5.79 Å². The van der Waals surface area contributed by atoms with E-state index in [-0.39, 0.29) is 23.9 Å². The predicted octanol–water partition coefficient (Wildman–Crippen LogP) is 1.67. The molecule has 0 amide bonds. The van der Waals surface area contributed by atoms with Gasteiger partial charge < -0.3 is 19.9 Å². The highest BCUT2D eigenvalue weighted by Crippen LogP contribution is 2.41. The van der Waals surface area contributed by atoms with Crippen LogP contribution in [-0.2, 0) is 14.2 Å². The van der Waals surface area contributed by atoms with Gasteiger partial charge in [-0.05, 0) is 41.0 Å². The first kappa shape index (κ1) is 13.3. The Hall–Kier alpha value is -0.160. The van der Waals surface area contributed by atoms with E-state index in [4.69, 9.17) is 19.9 Å². The van der Waals surface area contributed by atoms with Crippen LogP contribution in [0.3, 0.4) is 0 Å². The molecule has 1 heterocycles. The summed E-state index contributed by atoms with van der Waals surface area (Å²) in [4.78, 5) is 0. The molecule has 0 radical (unpaired) electrons. The van der Waals surface area contributed by atoms with Crippen LogP contribution in [0.5, 0.6) is 0 Å². The number of hydrogen-bond donors (Lipinski definition) is 1. The van der Waals surface area contributed by atoms with Crippen LogP contribution in [0.4, 0.5) is 0 Å². The monoisotopic (exact) mass is 243 g/mol. The minimum absolute atomic E-state index is 0.0265. The Balaban J connectivity index is 1.97. The summed E-state index contributed by atoms with van der Waals surface area (Å²) in [5.41, 5.74) is 6.00. The summed E-state index contributed by atoms with van der Waals surface area (Å²) in [7, 11) is 0. The Kier molecular flexibility index (Phi) is 3.28. The summed E-state index contributed by atoms with van der Waals surface area (Å²) in [6, 6.07) is 0.0651. The molecule has 2 rings (SSSR count). The first-order valence-corrected chi connectivity index (χ1v) is 6.43. The number of ether oxygens (including phenoxy) is 3. The van der Waals surface area contributed by atoms with E-state index in [1.165, 1.54) is 0 Å². The van der Waals surface area contributed by atoms with Gasteiger partial charge in [-0.2, -0.15) is 0 Å². The first-order valence-electron chi connectivity index (χ1n) is 6.43. The molecule has 2 aliphatic rings. The molecule has 1 aliphatic heterocycles. The molecule has 17 heavy (non-hydrogen) atoms. The van der Waals surface area contributed by atoms with Crippen LogP contribution in [0.25, 0.3) is 0 Å². The lowest BCUT2D eigenvalue weighted by Crippen LogP contribution is -2.35. The summed E-state index contributed by atoms with van der Waals surface area (Å²) in [5, 5.41) is 0. The molecule has 2 fully saturated rings. The van der Waals surface area contributed by atoms with E-state index < -0.39 is 5.79 Å². The van der Waals surface area contributed by atoms with Gasteiger partial charge in [0.05, 0.1) is 18.3 Å². The second-order valence-corrected chi connectivity index (χ2v) is 6.65. The molecule has 1 saturated carbocycles. The van der Waals surface area contributed by atoms with Crippen LogP contribution < -0.4 is 5.73 Å². The van der Waals surface area contributed by atoms with Crippen molar-refractivity contribution < 1.29 is 14.2 Å². The van der Waals surface area contributed by atoms with Crippen molar-refractivity contribution in [2.75, 3.05) is 6.61 Å². The second-order valence-electron chi connectivity index (χ2n) is 6.65. The topological polar surface area (TPSA) is 53.7 Å². The molecule has 4 unspecified atom stereocenters. The zero-order chi connectivity index (χ0) is 12.8. The smallest absolute Gasteiger partial charge is 0.163 e. The van der Waals surface area contributed by atoms with Crippen LogP contribution in [0.15, 0.2) is 0 Å². The maximum absolute atomic E-state index is 6.11. The fourth-order valence-electron chi connectivity index (χ4n) is 2.65. The van der Waals surface area contributed by atoms with E-state index in [1.54, 1.807) is 0 Å². The molecule has 0 aromatic rings. The van der Waals surface area contributed by atoms with Crippen molar-refractivity contribution in [1.29, 1.82) is 0 Å². The van der Waals surface area contributed by atoms with E-state index >= 15 is 0 Å². The number of fused-ring (bicyclic) bond motifs is 1. The molecule has 1 aliphatic carbocycles. The van der Waals surface area contributed by atoms with Crippen molar-refractivity contribution in [3.8, 4) is 0 Å². The lowest BCUT2D eigenvalue weighted by Gasteiger charge is -2.26. The highest BCUT2D eigenvalue weighted by molar-refractivity contribution is 5.00. The van der Waals surface area contributed by atoms with Crippen molar-refractivity contribution in [3.05, 3.63) is 0 Å². The summed E-state index contributed by atoms with van der Waals surface area (Å²) in [5.74, 6) is -0.163. The average molecular weight is 243 g/mol. The quantitative estimate of drug-likeness (QED) is 0.801. The molecule has 0 aromatic carbocycles. The molecular formula is C13H25NO3. The van der Waals surface area contributed by atoms with Gasteiger partial charge >= 0.3 is 0 Å². The Morgan fingerprint density at radius 1 is 1.24 bits per heavy atom. The van der Waals surface area contributed by atoms with Crippen LogP contribution in [0.2, 0.25) is 0 Å². The first-order chi connectivity index (χ1) is 7.68. The average Bonchev–Trinajstić information content (AvgIpc) is 2.58. The Labute approximate surface area is 104 Å². The Morgan fingerprint density at radius 3 is 2.41 bits per heavy atom. The van der Waals surface area contributed by atoms with E-state index in [9.17, 15) is 0 Å². The summed E-state index contributed by atoms with van der Waals surface area (Å²) < 4.78 is 17.6. The standard InChI is InChI=1S/C13H25NO3/c1-12(2,3)15-7-8-6-9(14)11-10(8)16-13(4,5)17-11/h8-11H,6-7,14H2,1-5H3. The molecule has 100 valence electrons. The lowest BCUT2D eigenvalue weighted by atomic mass is 10.1. The third kappa shape index (κ3) is 2.99. The molecule has 2 N–H and O–H groups in total. The van der Waals surface area contributed by atoms with Gasteiger partial charge in [0.1, 0.15) is 6.10 Å². The predicted molar refractivity (Wildman–Crippen MR) is 65.6 cm³/mol. The van der Waals surface area contributed by atoms with Gasteiger partial charge in [-0.1, -0.05) is 0 Å². The fourth-order valence-corrected chi connectivity index (χ4v) is 2.65. The Bertz CT molecular complexity index is 285. The minimum Gasteiger partial charge on any atom is -0.375 e. The zero-order valence-corrected chi connectivity index (χ0v) is 11.5. The highest BCUT2D eigenvalue weighted by Gasteiger charge is 2.52. The molecule has 0 aromatic heterocycles. The normalized spacial score (nSPS) is 40.6. The van der Waals surface area contributed by atoms with Gasteiger partial charge in [0.2, 0.25) is 0 Å². The molecule has 1 saturated heterocycles. The van der Waals surface area contributed by atoms with Crippen molar-refractivity contribution in [1.82, 2.24) is 0 Å². The van der Waals surface area contributed by atoms with Crippen molar-refractivity contribution >= 4 is 0 Å². The molecule has 0 spiro atoms.